The van der Waals surface area contributed by atoms with Crippen LogP contribution in [0.25, 0.3) is 16.2 Å². The van der Waals surface area contributed by atoms with Gasteiger partial charge < -0.3 is 0 Å². The van der Waals surface area contributed by atoms with Gasteiger partial charge in [-0.3, -0.25) is 10.1 Å². The molecule has 0 saturated carbocycles. The molecule has 4 heteroatoms. The maximum absolute atomic E-state index is 10.2. The largest absolute Gasteiger partial charge is 0.259 e. The van der Waals surface area contributed by atoms with E-state index in [1.165, 1.54) is 6.08 Å². The summed E-state index contributed by atoms with van der Waals surface area (Å²) in [7, 11) is 0. The van der Waals surface area contributed by atoms with Crippen molar-refractivity contribution in [2.24, 2.45) is 0 Å². The van der Waals surface area contributed by atoms with Crippen LogP contribution in [0.3, 0.4) is 0 Å². The molecule has 1 aromatic heterocycles. The standard InChI is InChI=1S/C10H7NO2S/c12-11(13)6-4-8-2-1-3-10-9(8)5-7-14-10/h1-7H/b6-4+. The zero-order valence-corrected chi connectivity index (χ0v) is 8.03. The number of hydrogen-bond acceptors (Lipinski definition) is 3. The molecule has 0 spiro atoms. The first-order valence-electron chi connectivity index (χ1n) is 4.05. The molecular weight excluding hydrogens is 198 g/mol. The highest BCUT2D eigenvalue weighted by Gasteiger charge is 1.99. The van der Waals surface area contributed by atoms with Crippen LogP contribution in [0.1, 0.15) is 5.56 Å². The van der Waals surface area contributed by atoms with Gasteiger partial charge in [-0.1, -0.05) is 12.1 Å². The maximum atomic E-state index is 10.2. The third kappa shape index (κ3) is 1.65. The summed E-state index contributed by atoms with van der Waals surface area (Å²) in [5.74, 6) is 0. The summed E-state index contributed by atoms with van der Waals surface area (Å²) in [6.45, 7) is 0. The van der Waals surface area contributed by atoms with Gasteiger partial charge in [0.25, 0.3) is 0 Å². The lowest BCUT2D eigenvalue weighted by Crippen LogP contribution is -1.82. The molecule has 0 N–H and O–H groups in total. The van der Waals surface area contributed by atoms with E-state index in [1.54, 1.807) is 11.3 Å². The number of benzene rings is 1. The van der Waals surface area contributed by atoms with Gasteiger partial charge in [0.2, 0.25) is 6.20 Å². The van der Waals surface area contributed by atoms with Gasteiger partial charge in [0.15, 0.2) is 0 Å². The first-order chi connectivity index (χ1) is 6.77. The number of thiophene rings is 1. The Kier molecular flexibility index (Phi) is 2.28. The second-order valence-electron chi connectivity index (χ2n) is 2.78. The Morgan fingerprint density at radius 1 is 1.36 bits per heavy atom. The molecule has 0 aliphatic rings. The quantitative estimate of drug-likeness (QED) is 0.558. The van der Waals surface area contributed by atoms with Crippen LogP contribution in [-0.2, 0) is 0 Å². The fourth-order valence-corrected chi connectivity index (χ4v) is 2.12. The van der Waals surface area contributed by atoms with E-state index < -0.39 is 4.92 Å². The summed E-state index contributed by atoms with van der Waals surface area (Å²) < 4.78 is 1.15. The van der Waals surface area contributed by atoms with Gasteiger partial charge in [0.1, 0.15) is 0 Å². The van der Waals surface area contributed by atoms with Crippen molar-refractivity contribution in [2.45, 2.75) is 0 Å². The van der Waals surface area contributed by atoms with E-state index in [4.69, 9.17) is 0 Å². The summed E-state index contributed by atoms with van der Waals surface area (Å²) >= 11 is 1.63. The molecule has 3 nitrogen and oxygen atoms in total. The third-order valence-corrected chi connectivity index (χ3v) is 2.79. The van der Waals surface area contributed by atoms with Crippen molar-refractivity contribution in [1.29, 1.82) is 0 Å². The van der Waals surface area contributed by atoms with Crippen LogP contribution in [0.15, 0.2) is 35.8 Å². The Hall–Kier alpha value is -1.68. The SMILES string of the molecule is O=[N+]([O-])/C=C/c1cccc2sccc12. The molecule has 2 aromatic rings. The van der Waals surface area contributed by atoms with E-state index in [1.807, 2.05) is 29.6 Å². The van der Waals surface area contributed by atoms with Gasteiger partial charge in [-0.15, -0.1) is 11.3 Å². The number of nitro groups is 1. The maximum Gasteiger partial charge on any atom is 0.235 e. The predicted octanol–water partition coefficient (Wildman–Crippen LogP) is 3.15. The van der Waals surface area contributed by atoms with Gasteiger partial charge in [-0.05, 0) is 28.5 Å². The number of hydrogen-bond donors (Lipinski definition) is 0. The minimum Gasteiger partial charge on any atom is -0.259 e. The van der Waals surface area contributed by atoms with Gasteiger partial charge in [-0.25, -0.2) is 0 Å². The molecule has 0 saturated heterocycles. The van der Waals surface area contributed by atoms with Gasteiger partial charge >= 0.3 is 0 Å². The summed E-state index contributed by atoms with van der Waals surface area (Å²) in [5, 5.41) is 13.2. The molecule has 14 heavy (non-hydrogen) atoms. The molecule has 70 valence electrons. The van der Waals surface area contributed by atoms with Gasteiger partial charge in [0, 0.05) is 10.8 Å². The van der Waals surface area contributed by atoms with Crippen molar-refractivity contribution < 1.29 is 4.92 Å². The predicted molar refractivity (Wildman–Crippen MR) is 57.9 cm³/mol. The Bertz CT molecular complexity index is 502. The zero-order chi connectivity index (χ0) is 9.97. The molecule has 0 fully saturated rings. The van der Waals surface area contributed by atoms with E-state index in [2.05, 4.69) is 0 Å². The smallest absolute Gasteiger partial charge is 0.235 e. The average molecular weight is 205 g/mol. The highest BCUT2D eigenvalue weighted by Crippen LogP contribution is 2.24. The molecular formula is C10H7NO2S. The summed E-state index contributed by atoms with van der Waals surface area (Å²) in [4.78, 5) is 9.72. The van der Waals surface area contributed by atoms with Crippen molar-refractivity contribution in [3.8, 4) is 0 Å². The summed E-state index contributed by atoms with van der Waals surface area (Å²) in [6, 6.07) is 7.75. The Morgan fingerprint density at radius 2 is 2.21 bits per heavy atom. The highest BCUT2D eigenvalue weighted by atomic mass is 32.1. The molecule has 1 heterocycles. The molecule has 0 aliphatic heterocycles. The molecule has 0 amide bonds. The van der Waals surface area contributed by atoms with Gasteiger partial charge in [0.05, 0.1) is 4.92 Å². The van der Waals surface area contributed by atoms with Crippen LogP contribution >= 0.6 is 11.3 Å². The van der Waals surface area contributed by atoms with E-state index in [9.17, 15) is 10.1 Å². The van der Waals surface area contributed by atoms with Crippen molar-refractivity contribution in [2.75, 3.05) is 0 Å². The van der Waals surface area contributed by atoms with Crippen LogP contribution in [0.4, 0.5) is 0 Å². The molecule has 0 aliphatic carbocycles. The monoisotopic (exact) mass is 205 g/mol. The van der Waals surface area contributed by atoms with E-state index >= 15 is 0 Å². The highest BCUT2D eigenvalue weighted by molar-refractivity contribution is 7.17. The van der Waals surface area contributed by atoms with E-state index in [0.29, 0.717) is 0 Å². The Labute approximate surface area is 84.4 Å². The average Bonchev–Trinajstić information content (AvgIpc) is 2.62. The third-order valence-electron chi connectivity index (χ3n) is 1.91. The number of nitrogens with zero attached hydrogens (tertiary/aromatic N) is 1. The lowest BCUT2D eigenvalue weighted by atomic mass is 10.1. The summed E-state index contributed by atoms with van der Waals surface area (Å²) in [5.41, 5.74) is 0.889. The summed E-state index contributed by atoms with van der Waals surface area (Å²) in [6.07, 6.45) is 2.49. The van der Waals surface area contributed by atoms with Gasteiger partial charge in [-0.2, -0.15) is 0 Å². The van der Waals surface area contributed by atoms with Crippen LogP contribution in [-0.4, -0.2) is 4.92 Å². The van der Waals surface area contributed by atoms with E-state index in [-0.39, 0.29) is 0 Å². The van der Waals surface area contributed by atoms with Crippen LogP contribution in [0.2, 0.25) is 0 Å². The topological polar surface area (TPSA) is 43.1 Å². The Morgan fingerprint density at radius 3 is 3.00 bits per heavy atom. The van der Waals surface area contributed by atoms with E-state index in [0.717, 1.165) is 21.8 Å². The minimum absolute atomic E-state index is 0.453. The molecule has 0 atom stereocenters. The number of fused-ring (bicyclic) bond motifs is 1. The Balaban J connectivity index is 2.51. The fourth-order valence-electron chi connectivity index (χ4n) is 1.30. The molecule has 0 bridgehead atoms. The normalized spacial score (nSPS) is 11.1. The minimum atomic E-state index is -0.453. The molecule has 1 aromatic carbocycles. The molecule has 0 unspecified atom stereocenters. The lowest BCUT2D eigenvalue weighted by Gasteiger charge is -1.93. The lowest BCUT2D eigenvalue weighted by molar-refractivity contribution is -0.400. The number of rotatable bonds is 2. The van der Waals surface area contributed by atoms with Crippen LogP contribution in [0.5, 0.6) is 0 Å². The van der Waals surface area contributed by atoms with Crippen molar-refractivity contribution >= 4 is 27.5 Å². The van der Waals surface area contributed by atoms with Crippen molar-refractivity contribution in [1.82, 2.24) is 0 Å². The van der Waals surface area contributed by atoms with Crippen LogP contribution in [0, 0.1) is 10.1 Å². The molecule has 0 radical (unpaired) electrons. The van der Waals surface area contributed by atoms with Crippen LogP contribution < -0.4 is 0 Å². The first-order valence-corrected chi connectivity index (χ1v) is 4.93. The van der Waals surface area contributed by atoms with Crippen molar-refractivity contribution in [3.05, 3.63) is 51.5 Å². The van der Waals surface area contributed by atoms with Crippen molar-refractivity contribution in [3.63, 3.8) is 0 Å². The second kappa shape index (κ2) is 3.59. The fraction of sp³-hybridized carbons (Fsp3) is 0. The zero-order valence-electron chi connectivity index (χ0n) is 7.21. The second-order valence-corrected chi connectivity index (χ2v) is 3.73. The first kappa shape index (κ1) is 8.90. The molecule has 2 rings (SSSR count).